The zero-order valence-corrected chi connectivity index (χ0v) is 9.89. The van der Waals surface area contributed by atoms with Crippen molar-refractivity contribution in [1.29, 1.82) is 0 Å². The number of benzene rings is 1. The average molecular weight is 221 g/mol. The van der Waals surface area contributed by atoms with Crippen molar-refractivity contribution in [2.24, 2.45) is 0 Å². The van der Waals surface area contributed by atoms with Crippen molar-refractivity contribution in [1.82, 2.24) is 4.90 Å². The molecule has 16 heavy (non-hydrogen) atoms. The number of hydrogen-bond acceptors (Lipinski definition) is 2. The Hall–Kier alpha value is -1.35. The predicted molar refractivity (Wildman–Crippen MR) is 64.1 cm³/mol. The number of rotatable bonds is 5. The van der Waals surface area contributed by atoms with Crippen LogP contribution in [0.5, 0.6) is 0 Å². The maximum atomic E-state index is 11.5. The van der Waals surface area contributed by atoms with Crippen molar-refractivity contribution in [3.05, 3.63) is 35.9 Å². The Labute approximate surface area is 96.7 Å². The van der Waals surface area contributed by atoms with Crippen LogP contribution in [0.2, 0.25) is 0 Å². The second-order valence-corrected chi connectivity index (χ2v) is 3.96. The molecule has 0 bridgehead atoms. The fourth-order valence-electron chi connectivity index (χ4n) is 1.49. The fourth-order valence-corrected chi connectivity index (χ4v) is 1.49. The lowest BCUT2D eigenvalue weighted by molar-refractivity contribution is -0.131. The van der Waals surface area contributed by atoms with Crippen LogP contribution in [0, 0.1) is 0 Å². The number of carbonyl (C=O) groups excluding carboxylic acids is 1. The molecule has 0 heterocycles. The first kappa shape index (κ1) is 12.7. The molecule has 3 nitrogen and oxygen atoms in total. The summed E-state index contributed by atoms with van der Waals surface area (Å²) in [5, 5.41) is 9.77. The van der Waals surface area contributed by atoms with Crippen molar-refractivity contribution in [3.63, 3.8) is 0 Å². The van der Waals surface area contributed by atoms with Crippen LogP contribution in [0.15, 0.2) is 30.3 Å². The molecule has 1 atom stereocenters. The summed E-state index contributed by atoms with van der Waals surface area (Å²) in [7, 11) is 1.75. The van der Waals surface area contributed by atoms with Gasteiger partial charge in [0.1, 0.15) is 0 Å². The second-order valence-electron chi connectivity index (χ2n) is 3.96. The molecule has 1 N–H and O–H groups in total. The second kappa shape index (κ2) is 6.28. The summed E-state index contributed by atoms with van der Waals surface area (Å²) in [4.78, 5) is 13.2. The summed E-state index contributed by atoms with van der Waals surface area (Å²) in [6, 6.07) is 9.71. The van der Waals surface area contributed by atoms with Gasteiger partial charge >= 0.3 is 0 Å². The molecule has 0 fully saturated rings. The molecule has 1 aromatic rings. The molecule has 0 aliphatic rings. The standard InChI is InChI=1S/C13H19NO2/c1-3-14(2)13(16)10-12(15)9-11-7-5-4-6-8-11/h4-8,12,15H,3,9-10H2,1-2H3. The van der Waals surface area contributed by atoms with E-state index in [9.17, 15) is 9.90 Å². The Bertz CT molecular complexity index is 324. The highest BCUT2D eigenvalue weighted by molar-refractivity contribution is 5.76. The van der Waals surface area contributed by atoms with Crippen molar-refractivity contribution in [2.75, 3.05) is 13.6 Å². The molecule has 1 aromatic carbocycles. The Morgan fingerprint density at radius 1 is 1.38 bits per heavy atom. The van der Waals surface area contributed by atoms with Gasteiger partial charge in [-0.25, -0.2) is 0 Å². The number of carbonyl (C=O) groups is 1. The van der Waals surface area contributed by atoms with Crippen LogP contribution in [0.25, 0.3) is 0 Å². The molecule has 0 aliphatic heterocycles. The van der Waals surface area contributed by atoms with E-state index in [2.05, 4.69) is 0 Å². The summed E-state index contributed by atoms with van der Waals surface area (Å²) in [5.74, 6) is -0.00840. The summed E-state index contributed by atoms with van der Waals surface area (Å²) >= 11 is 0. The zero-order valence-electron chi connectivity index (χ0n) is 9.89. The van der Waals surface area contributed by atoms with Crippen LogP contribution in [0.4, 0.5) is 0 Å². The van der Waals surface area contributed by atoms with Gasteiger partial charge in [-0.1, -0.05) is 30.3 Å². The van der Waals surface area contributed by atoms with Crippen LogP contribution in [0.3, 0.4) is 0 Å². The predicted octanol–water partition coefficient (Wildman–Crippen LogP) is 1.46. The minimum atomic E-state index is -0.594. The Balaban J connectivity index is 2.42. The van der Waals surface area contributed by atoms with Gasteiger partial charge < -0.3 is 10.0 Å². The summed E-state index contributed by atoms with van der Waals surface area (Å²) in [5.41, 5.74) is 1.06. The highest BCUT2D eigenvalue weighted by Crippen LogP contribution is 2.06. The van der Waals surface area contributed by atoms with Gasteiger partial charge in [0.05, 0.1) is 12.5 Å². The quantitative estimate of drug-likeness (QED) is 0.817. The molecule has 0 aromatic heterocycles. The molecular weight excluding hydrogens is 202 g/mol. The molecule has 1 rings (SSSR count). The van der Waals surface area contributed by atoms with Crippen molar-refractivity contribution in [2.45, 2.75) is 25.9 Å². The normalized spacial score (nSPS) is 12.2. The highest BCUT2D eigenvalue weighted by Gasteiger charge is 2.13. The lowest BCUT2D eigenvalue weighted by Crippen LogP contribution is -2.30. The number of nitrogens with zero attached hydrogens (tertiary/aromatic N) is 1. The first-order valence-corrected chi connectivity index (χ1v) is 5.59. The van der Waals surface area contributed by atoms with E-state index in [1.54, 1.807) is 11.9 Å². The van der Waals surface area contributed by atoms with Gasteiger partial charge in [-0.15, -0.1) is 0 Å². The van der Waals surface area contributed by atoms with Crippen LogP contribution in [-0.4, -0.2) is 35.6 Å². The molecule has 0 spiro atoms. The van der Waals surface area contributed by atoms with Crippen molar-refractivity contribution >= 4 is 5.91 Å². The van der Waals surface area contributed by atoms with Crippen molar-refractivity contribution < 1.29 is 9.90 Å². The van der Waals surface area contributed by atoms with E-state index in [1.807, 2.05) is 37.3 Å². The minimum absolute atomic E-state index is 0.00840. The molecule has 0 aliphatic carbocycles. The van der Waals surface area contributed by atoms with Crippen LogP contribution < -0.4 is 0 Å². The van der Waals surface area contributed by atoms with Crippen LogP contribution in [-0.2, 0) is 11.2 Å². The third kappa shape index (κ3) is 4.03. The molecule has 0 radical (unpaired) electrons. The molecule has 0 saturated heterocycles. The lowest BCUT2D eigenvalue weighted by Gasteiger charge is -2.17. The third-order valence-electron chi connectivity index (χ3n) is 2.62. The highest BCUT2D eigenvalue weighted by atomic mass is 16.3. The first-order valence-electron chi connectivity index (χ1n) is 5.59. The molecule has 88 valence electrons. The SMILES string of the molecule is CCN(C)C(=O)CC(O)Cc1ccccc1. The Morgan fingerprint density at radius 3 is 2.56 bits per heavy atom. The van der Waals surface area contributed by atoms with Gasteiger partial charge in [0.15, 0.2) is 0 Å². The van der Waals surface area contributed by atoms with Gasteiger partial charge in [-0.2, -0.15) is 0 Å². The Kier molecular flexibility index (Phi) is 4.99. The average Bonchev–Trinajstić information content (AvgIpc) is 2.29. The van der Waals surface area contributed by atoms with Crippen molar-refractivity contribution in [3.8, 4) is 0 Å². The molecular formula is C13H19NO2. The molecule has 1 unspecified atom stereocenters. The molecule has 0 saturated carbocycles. The Morgan fingerprint density at radius 2 is 2.00 bits per heavy atom. The number of aliphatic hydroxyl groups excluding tert-OH is 1. The van der Waals surface area contributed by atoms with E-state index in [0.717, 1.165) is 5.56 Å². The van der Waals surface area contributed by atoms with E-state index < -0.39 is 6.10 Å². The number of aliphatic hydroxyl groups is 1. The smallest absolute Gasteiger partial charge is 0.224 e. The number of amides is 1. The van der Waals surface area contributed by atoms with Gasteiger partial charge in [0.25, 0.3) is 0 Å². The number of hydrogen-bond donors (Lipinski definition) is 1. The van der Waals surface area contributed by atoms with Gasteiger partial charge in [0.2, 0.25) is 5.91 Å². The van der Waals surface area contributed by atoms with Gasteiger partial charge in [0, 0.05) is 13.6 Å². The summed E-state index contributed by atoms with van der Waals surface area (Å²) < 4.78 is 0. The first-order chi connectivity index (χ1) is 7.63. The van der Waals surface area contributed by atoms with E-state index in [4.69, 9.17) is 0 Å². The van der Waals surface area contributed by atoms with Crippen LogP contribution >= 0.6 is 0 Å². The fraction of sp³-hybridized carbons (Fsp3) is 0.462. The largest absolute Gasteiger partial charge is 0.392 e. The zero-order chi connectivity index (χ0) is 12.0. The molecule has 1 amide bonds. The maximum absolute atomic E-state index is 11.5. The lowest BCUT2D eigenvalue weighted by atomic mass is 10.1. The van der Waals surface area contributed by atoms with Crippen LogP contribution in [0.1, 0.15) is 18.9 Å². The topological polar surface area (TPSA) is 40.5 Å². The minimum Gasteiger partial charge on any atom is -0.392 e. The summed E-state index contributed by atoms with van der Waals surface area (Å²) in [6.45, 7) is 2.60. The van der Waals surface area contributed by atoms with E-state index >= 15 is 0 Å². The van der Waals surface area contributed by atoms with Gasteiger partial charge in [-0.3, -0.25) is 4.79 Å². The summed E-state index contributed by atoms with van der Waals surface area (Å²) in [6.07, 6.45) is 0.132. The van der Waals surface area contributed by atoms with E-state index in [-0.39, 0.29) is 12.3 Å². The maximum Gasteiger partial charge on any atom is 0.224 e. The third-order valence-corrected chi connectivity index (χ3v) is 2.62. The van der Waals surface area contributed by atoms with Gasteiger partial charge in [-0.05, 0) is 18.9 Å². The van der Waals surface area contributed by atoms with E-state index in [1.165, 1.54) is 0 Å². The van der Waals surface area contributed by atoms with E-state index in [0.29, 0.717) is 13.0 Å². The molecule has 3 heteroatoms. The monoisotopic (exact) mass is 221 g/mol.